The third-order valence-corrected chi connectivity index (χ3v) is 2.67. The lowest BCUT2D eigenvalue weighted by Crippen LogP contribution is -2.25. The normalized spacial score (nSPS) is 10.5. The maximum atomic E-state index is 13.2. The molecule has 0 heterocycles. The van der Waals surface area contributed by atoms with Crippen LogP contribution in [0, 0.1) is 5.82 Å². The summed E-state index contributed by atoms with van der Waals surface area (Å²) in [7, 11) is 0. The molecular formula is C13H21FN2. The molecule has 0 unspecified atom stereocenters. The predicted octanol–water partition coefficient (Wildman–Crippen LogP) is 2.56. The van der Waals surface area contributed by atoms with E-state index < -0.39 is 0 Å². The average molecular weight is 224 g/mol. The minimum Gasteiger partial charge on any atom is -0.372 e. The zero-order valence-electron chi connectivity index (χ0n) is 10.2. The zero-order valence-corrected chi connectivity index (χ0v) is 10.2. The lowest BCUT2D eigenvalue weighted by molar-refractivity contribution is 0.624. The van der Waals surface area contributed by atoms with E-state index in [9.17, 15) is 4.39 Å². The van der Waals surface area contributed by atoms with Gasteiger partial charge in [0.25, 0.3) is 0 Å². The van der Waals surface area contributed by atoms with Crippen molar-refractivity contribution in [3.63, 3.8) is 0 Å². The summed E-state index contributed by atoms with van der Waals surface area (Å²) in [6.07, 6.45) is 1.82. The number of hydrogen-bond donors (Lipinski definition) is 1. The van der Waals surface area contributed by atoms with Gasteiger partial charge in [-0.1, -0.05) is 6.92 Å². The van der Waals surface area contributed by atoms with Gasteiger partial charge in [-0.15, -0.1) is 0 Å². The molecule has 3 heteroatoms. The van der Waals surface area contributed by atoms with Crippen LogP contribution in [0.1, 0.15) is 25.8 Å². The smallest absolute Gasteiger partial charge is 0.123 e. The van der Waals surface area contributed by atoms with Gasteiger partial charge in [0.15, 0.2) is 0 Å². The van der Waals surface area contributed by atoms with Gasteiger partial charge in [0, 0.05) is 18.8 Å². The van der Waals surface area contributed by atoms with Gasteiger partial charge in [0.1, 0.15) is 5.82 Å². The largest absolute Gasteiger partial charge is 0.372 e. The molecule has 1 aromatic carbocycles. The topological polar surface area (TPSA) is 29.3 Å². The highest BCUT2D eigenvalue weighted by Crippen LogP contribution is 2.22. The van der Waals surface area contributed by atoms with E-state index in [1.807, 2.05) is 6.07 Å². The third kappa shape index (κ3) is 3.20. The third-order valence-electron chi connectivity index (χ3n) is 2.67. The molecule has 0 spiro atoms. The fraction of sp³-hybridized carbons (Fsp3) is 0.538. The van der Waals surface area contributed by atoms with Gasteiger partial charge in [-0.2, -0.15) is 0 Å². The Morgan fingerprint density at radius 3 is 2.62 bits per heavy atom. The van der Waals surface area contributed by atoms with Crippen LogP contribution >= 0.6 is 0 Å². The fourth-order valence-corrected chi connectivity index (χ4v) is 1.94. The van der Waals surface area contributed by atoms with Crippen LogP contribution in [0.15, 0.2) is 18.2 Å². The van der Waals surface area contributed by atoms with Crippen molar-refractivity contribution in [2.45, 2.75) is 26.7 Å². The second-order valence-electron chi connectivity index (χ2n) is 3.89. The number of anilines is 1. The molecule has 0 radical (unpaired) electrons. The van der Waals surface area contributed by atoms with E-state index in [4.69, 9.17) is 5.73 Å². The highest BCUT2D eigenvalue weighted by molar-refractivity contribution is 5.54. The second-order valence-corrected chi connectivity index (χ2v) is 3.89. The summed E-state index contributed by atoms with van der Waals surface area (Å²) in [5.74, 6) is -0.181. The highest BCUT2D eigenvalue weighted by atomic mass is 19.1. The Labute approximate surface area is 97.3 Å². The Morgan fingerprint density at radius 2 is 2.06 bits per heavy atom. The first-order chi connectivity index (χ1) is 7.72. The lowest BCUT2D eigenvalue weighted by Gasteiger charge is -2.25. The molecule has 1 aromatic rings. The van der Waals surface area contributed by atoms with Gasteiger partial charge in [-0.05, 0) is 50.1 Å². The van der Waals surface area contributed by atoms with E-state index in [1.165, 1.54) is 6.07 Å². The van der Waals surface area contributed by atoms with Crippen LogP contribution in [0.3, 0.4) is 0 Å². The molecule has 0 saturated carbocycles. The molecule has 0 fully saturated rings. The van der Waals surface area contributed by atoms with E-state index in [0.29, 0.717) is 6.54 Å². The van der Waals surface area contributed by atoms with Gasteiger partial charge in [-0.25, -0.2) is 4.39 Å². The maximum absolute atomic E-state index is 13.2. The van der Waals surface area contributed by atoms with Crippen LogP contribution in [0.4, 0.5) is 10.1 Å². The van der Waals surface area contributed by atoms with Crippen LogP contribution < -0.4 is 10.6 Å². The Morgan fingerprint density at radius 1 is 1.31 bits per heavy atom. The number of halogens is 1. The van der Waals surface area contributed by atoms with Crippen LogP contribution in [0.2, 0.25) is 0 Å². The lowest BCUT2D eigenvalue weighted by atomic mass is 10.1. The summed E-state index contributed by atoms with van der Waals surface area (Å²) >= 11 is 0. The predicted molar refractivity (Wildman–Crippen MR) is 67.3 cm³/mol. The molecule has 0 aliphatic rings. The summed E-state index contributed by atoms with van der Waals surface area (Å²) in [6, 6.07) is 4.98. The molecule has 2 nitrogen and oxygen atoms in total. The van der Waals surface area contributed by atoms with Gasteiger partial charge in [0.2, 0.25) is 0 Å². The SMILES string of the molecule is CCCN(CC)c1ccc(F)cc1CCN. The molecule has 0 amide bonds. The minimum atomic E-state index is -0.181. The number of rotatable bonds is 6. The van der Waals surface area contributed by atoms with Crippen LogP contribution in [-0.2, 0) is 6.42 Å². The molecule has 1 rings (SSSR count). The van der Waals surface area contributed by atoms with Crippen molar-refractivity contribution in [2.75, 3.05) is 24.5 Å². The van der Waals surface area contributed by atoms with E-state index in [0.717, 1.165) is 37.2 Å². The van der Waals surface area contributed by atoms with Crippen molar-refractivity contribution in [2.24, 2.45) is 5.73 Å². The first-order valence-electron chi connectivity index (χ1n) is 5.96. The van der Waals surface area contributed by atoms with E-state index in [1.54, 1.807) is 6.07 Å². The van der Waals surface area contributed by atoms with Crippen molar-refractivity contribution in [1.82, 2.24) is 0 Å². The van der Waals surface area contributed by atoms with Gasteiger partial charge in [-0.3, -0.25) is 0 Å². The summed E-state index contributed by atoms with van der Waals surface area (Å²) in [6.45, 7) is 6.76. The van der Waals surface area contributed by atoms with Gasteiger partial charge >= 0.3 is 0 Å². The average Bonchev–Trinajstić information content (AvgIpc) is 2.27. The molecule has 2 N–H and O–H groups in total. The monoisotopic (exact) mass is 224 g/mol. The quantitative estimate of drug-likeness (QED) is 0.804. The van der Waals surface area contributed by atoms with Gasteiger partial charge in [0.05, 0.1) is 0 Å². The molecular weight excluding hydrogens is 203 g/mol. The number of nitrogens with zero attached hydrogens (tertiary/aromatic N) is 1. The first-order valence-corrected chi connectivity index (χ1v) is 5.96. The summed E-state index contributed by atoms with van der Waals surface area (Å²) < 4.78 is 13.2. The van der Waals surface area contributed by atoms with Crippen LogP contribution in [-0.4, -0.2) is 19.6 Å². The van der Waals surface area contributed by atoms with Gasteiger partial charge < -0.3 is 10.6 Å². The number of benzene rings is 1. The zero-order chi connectivity index (χ0) is 12.0. The molecule has 0 bridgehead atoms. The maximum Gasteiger partial charge on any atom is 0.123 e. The first kappa shape index (κ1) is 13.0. The summed E-state index contributed by atoms with van der Waals surface area (Å²) in [5, 5.41) is 0. The fourth-order valence-electron chi connectivity index (χ4n) is 1.94. The van der Waals surface area contributed by atoms with E-state index >= 15 is 0 Å². The van der Waals surface area contributed by atoms with Crippen molar-refractivity contribution in [1.29, 1.82) is 0 Å². The summed E-state index contributed by atoms with van der Waals surface area (Å²) in [4.78, 5) is 2.27. The Balaban J connectivity index is 2.99. The minimum absolute atomic E-state index is 0.181. The molecule has 0 aromatic heterocycles. The van der Waals surface area contributed by atoms with E-state index in [2.05, 4.69) is 18.7 Å². The van der Waals surface area contributed by atoms with Crippen LogP contribution in [0.5, 0.6) is 0 Å². The Kier molecular flexibility index (Phi) is 5.26. The number of nitrogens with two attached hydrogens (primary N) is 1. The van der Waals surface area contributed by atoms with Crippen LogP contribution in [0.25, 0.3) is 0 Å². The highest BCUT2D eigenvalue weighted by Gasteiger charge is 2.09. The van der Waals surface area contributed by atoms with Crippen molar-refractivity contribution < 1.29 is 4.39 Å². The number of hydrogen-bond acceptors (Lipinski definition) is 2. The Bertz CT molecular complexity index is 326. The van der Waals surface area contributed by atoms with Crippen molar-refractivity contribution in [3.8, 4) is 0 Å². The summed E-state index contributed by atoms with van der Waals surface area (Å²) in [5.41, 5.74) is 7.69. The standard InChI is InChI=1S/C13H21FN2/c1-3-9-16(4-2)13-6-5-12(14)10-11(13)7-8-15/h5-6,10H,3-4,7-9,15H2,1-2H3. The molecule has 0 atom stereocenters. The molecule has 0 saturated heterocycles. The van der Waals surface area contributed by atoms with E-state index in [-0.39, 0.29) is 5.82 Å². The molecule has 90 valence electrons. The molecule has 16 heavy (non-hydrogen) atoms. The van der Waals surface area contributed by atoms with Crippen molar-refractivity contribution >= 4 is 5.69 Å². The second kappa shape index (κ2) is 6.48. The van der Waals surface area contributed by atoms with Crippen molar-refractivity contribution in [3.05, 3.63) is 29.6 Å². The molecule has 0 aliphatic heterocycles. The molecule has 0 aliphatic carbocycles. The Hall–Kier alpha value is -1.09.